The third-order valence-electron chi connectivity index (χ3n) is 1.78. The minimum absolute atomic E-state index is 0.281. The van der Waals surface area contributed by atoms with Gasteiger partial charge in [-0.25, -0.2) is 4.79 Å². The van der Waals surface area contributed by atoms with Crippen LogP contribution < -0.4 is 15.4 Å². The lowest BCUT2D eigenvalue weighted by Gasteiger charge is -2.08. The summed E-state index contributed by atoms with van der Waals surface area (Å²) in [6, 6.07) is 4.03. The number of alkyl halides is 1. The molecule has 0 saturated carbocycles. The molecule has 1 rings (SSSR count). The molecule has 0 atom stereocenters. The molecular weight excluding hydrogens is 267 g/mol. The van der Waals surface area contributed by atoms with E-state index in [1.165, 1.54) is 13.2 Å². The molecule has 0 fully saturated rings. The number of carbonyl (C=O) groups excluding carboxylic acids is 2. The molecule has 0 radical (unpaired) electrons. The largest absolute Gasteiger partial charge is 0.495 e. The standard InChI is InChI=1S/C10H10Cl2N2O3/c1-17-8-3-2-6(4-7(8)12)13-10(16)14-9(15)5-11/h2-4H,5H2,1H3,(H2,13,14,15,16). The molecule has 0 aliphatic rings. The van der Waals surface area contributed by atoms with Gasteiger partial charge in [0.2, 0.25) is 5.91 Å². The molecule has 3 amide bonds. The Balaban J connectivity index is 2.66. The fourth-order valence-corrected chi connectivity index (χ4v) is 1.39. The molecule has 0 saturated heterocycles. The normalized spacial score (nSPS) is 9.59. The first-order valence-electron chi connectivity index (χ1n) is 4.57. The van der Waals surface area contributed by atoms with Gasteiger partial charge in [0.15, 0.2) is 0 Å². The Morgan fingerprint density at radius 2 is 2.12 bits per heavy atom. The lowest BCUT2D eigenvalue weighted by Crippen LogP contribution is -2.35. The number of imide groups is 1. The highest BCUT2D eigenvalue weighted by atomic mass is 35.5. The summed E-state index contributed by atoms with van der Waals surface area (Å²) in [5.41, 5.74) is 0.440. The molecule has 0 spiro atoms. The number of ether oxygens (including phenoxy) is 1. The van der Waals surface area contributed by atoms with E-state index in [-0.39, 0.29) is 5.88 Å². The smallest absolute Gasteiger partial charge is 0.325 e. The van der Waals surface area contributed by atoms with Gasteiger partial charge in [-0.3, -0.25) is 10.1 Å². The molecule has 2 N–H and O–H groups in total. The van der Waals surface area contributed by atoms with E-state index in [4.69, 9.17) is 27.9 Å². The van der Waals surface area contributed by atoms with Gasteiger partial charge in [-0.15, -0.1) is 11.6 Å². The zero-order valence-corrected chi connectivity index (χ0v) is 10.4. The maximum Gasteiger partial charge on any atom is 0.325 e. The maximum absolute atomic E-state index is 11.3. The number of urea groups is 1. The number of benzene rings is 1. The van der Waals surface area contributed by atoms with Crippen LogP contribution in [0.4, 0.5) is 10.5 Å². The van der Waals surface area contributed by atoms with Gasteiger partial charge in [-0.2, -0.15) is 0 Å². The molecule has 0 aliphatic heterocycles. The Morgan fingerprint density at radius 3 is 2.65 bits per heavy atom. The van der Waals surface area contributed by atoms with Crippen LogP contribution in [0.2, 0.25) is 5.02 Å². The van der Waals surface area contributed by atoms with E-state index in [9.17, 15) is 9.59 Å². The van der Waals surface area contributed by atoms with Crippen molar-refractivity contribution in [1.82, 2.24) is 5.32 Å². The van der Waals surface area contributed by atoms with Crippen LogP contribution in [0.25, 0.3) is 0 Å². The van der Waals surface area contributed by atoms with E-state index < -0.39 is 11.9 Å². The topological polar surface area (TPSA) is 67.4 Å². The van der Waals surface area contributed by atoms with Crippen LogP contribution in [0.15, 0.2) is 18.2 Å². The molecule has 0 unspecified atom stereocenters. The Labute approximate surface area is 108 Å². The maximum atomic E-state index is 11.3. The molecule has 0 aromatic heterocycles. The molecule has 0 aliphatic carbocycles. The van der Waals surface area contributed by atoms with Crippen molar-refractivity contribution in [3.63, 3.8) is 0 Å². The third-order valence-corrected chi connectivity index (χ3v) is 2.32. The van der Waals surface area contributed by atoms with Gasteiger partial charge >= 0.3 is 6.03 Å². The zero-order chi connectivity index (χ0) is 12.8. The number of halogens is 2. The summed E-state index contributed by atoms with van der Waals surface area (Å²) in [6.07, 6.45) is 0. The first kappa shape index (κ1) is 13.6. The number of anilines is 1. The van der Waals surface area contributed by atoms with Crippen LogP contribution in [0.1, 0.15) is 0 Å². The van der Waals surface area contributed by atoms with E-state index in [0.29, 0.717) is 16.5 Å². The van der Waals surface area contributed by atoms with Crippen molar-refractivity contribution >= 4 is 40.8 Å². The van der Waals surface area contributed by atoms with Crippen LogP contribution in [-0.4, -0.2) is 24.9 Å². The van der Waals surface area contributed by atoms with E-state index >= 15 is 0 Å². The SMILES string of the molecule is COc1ccc(NC(=O)NC(=O)CCl)cc1Cl. The molecule has 1 aromatic carbocycles. The average molecular weight is 277 g/mol. The van der Waals surface area contributed by atoms with Gasteiger partial charge in [0.25, 0.3) is 0 Å². The van der Waals surface area contributed by atoms with E-state index in [1.54, 1.807) is 12.1 Å². The Bertz CT molecular complexity index is 438. The number of methoxy groups -OCH3 is 1. The van der Waals surface area contributed by atoms with Crippen molar-refractivity contribution in [3.05, 3.63) is 23.2 Å². The van der Waals surface area contributed by atoms with E-state index in [0.717, 1.165) is 0 Å². The number of rotatable bonds is 3. The number of carbonyl (C=O) groups is 2. The Morgan fingerprint density at radius 1 is 1.41 bits per heavy atom. The van der Waals surface area contributed by atoms with E-state index in [1.807, 2.05) is 5.32 Å². The molecule has 17 heavy (non-hydrogen) atoms. The molecular formula is C10H10Cl2N2O3. The second kappa shape index (κ2) is 6.32. The summed E-state index contributed by atoms with van der Waals surface area (Å²) >= 11 is 11.1. The number of hydrogen-bond donors (Lipinski definition) is 2. The fourth-order valence-electron chi connectivity index (χ4n) is 1.07. The van der Waals surface area contributed by atoms with Gasteiger partial charge in [-0.05, 0) is 18.2 Å². The van der Waals surface area contributed by atoms with E-state index in [2.05, 4.69) is 5.32 Å². The summed E-state index contributed by atoms with van der Waals surface area (Å²) in [7, 11) is 1.49. The number of amides is 3. The molecule has 0 heterocycles. The fraction of sp³-hybridized carbons (Fsp3) is 0.200. The molecule has 1 aromatic rings. The van der Waals surface area contributed by atoms with Gasteiger partial charge in [0.1, 0.15) is 11.6 Å². The predicted molar refractivity (Wildman–Crippen MR) is 65.9 cm³/mol. The monoisotopic (exact) mass is 276 g/mol. The van der Waals surface area contributed by atoms with Gasteiger partial charge < -0.3 is 10.1 Å². The van der Waals surface area contributed by atoms with Crippen molar-refractivity contribution in [2.45, 2.75) is 0 Å². The van der Waals surface area contributed by atoms with Crippen LogP contribution in [0, 0.1) is 0 Å². The van der Waals surface area contributed by atoms with Crippen molar-refractivity contribution in [2.24, 2.45) is 0 Å². The first-order valence-corrected chi connectivity index (χ1v) is 5.48. The zero-order valence-electron chi connectivity index (χ0n) is 8.92. The summed E-state index contributed by atoms with van der Waals surface area (Å²) in [5, 5.41) is 4.82. The summed E-state index contributed by atoms with van der Waals surface area (Å²) in [4.78, 5) is 22.1. The lowest BCUT2D eigenvalue weighted by molar-refractivity contribution is -0.117. The Kier molecular flexibility index (Phi) is 5.06. The Hall–Kier alpha value is -1.46. The third kappa shape index (κ3) is 4.13. The average Bonchev–Trinajstić information content (AvgIpc) is 2.29. The van der Waals surface area contributed by atoms with Gasteiger partial charge in [0, 0.05) is 5.69 Å². The highest BCUT2D eigenvalue weighted by Gasteiger charge is 2.08. The highest BCUT2D eigenvalue weighted by molar-refractivity contribution is 6.32. The highest BCUT2D eigenvalue weighted by Crippen LogP contribution is 2.26. The number of nitrogens with one attached hydrogen (secondary N) is 2. The summed E-state index contributed by atoms with van der Waals surface area (Å²) < 4.78 is 4.96. The van der Waals surface area contributed by atoms with Crippen LogP contribution in [-0.2, 0) is 4.79 Å². The minimum Gasteiger partial charge on any atom is -0.495 e. The van der Waals surface area contributed by atoms with Crippen molar-refractivity contribution in [1.29, 1.82) is 0 Å². The lowest BCUT2D eigenvalue weighted by atomic mass is 10.3. The molecule has 5 nitrogen and oxygen atoms in total. The van der Waals surface area contributed by atoms with Crippen LogP contribution >= 0.6 is 23.2 Å². The minimum atomic E-state index is -0.670. The molecule has 7 heteroatoms. The quantitative estimate of drug-likeness (QED) is 0.832. The van der Waals surface area contributed by atoms with Gasteiger partial charge in [-0.1, -0.05) is 11.6 Å². The first-order chi connectivity index (χ1) is 8.06. The van der Waals surface area contributed by atoms with Crippen molar-refractivity contribution < 1.29 is 14.3 Å². The summed E-state index contributed by atoms with van der Waals surface area (Å²) in [6.45, 7) is 0. The molecule has 92 valence electrons. The number of hydrogen-bond acceptors (Lipinski definition) is 3. The predicted octanol–water partition coefficient (Wildman–Crippen LogP) is 2.24. The summed E-state index contributed by atoms with van der Waals surface area (Å²) in [5.74, 6) is -0.366. The second-order valence-electron chi connectivity index (χ2n) is 2.99. The molecule has 0 bridgehead atoms. The van der Waals surface area contributed by atoms with Crippen molar-refractivity contribution in [2.75, 3.05) is 18.3 Å². The van der Waals surface area contributed by atoms with Gasteiger partial charge in [0.05, 0.1) is 12.1 Å². The second-order valence-corrected chi connectivity index (χ2v) is 3.66. The van der Waals surface area contributed by atoms with Crippen LogP contribution in [0.5, 0.6) is 5.75 Å². The van der Waals surface area contributed by atoms with Crippen LogP contribution in [0.3, 0.4) is 0 Å². The van der Waals surface area contributed by atoms with Crippen molar-refractivity contribution in [3.8, 4) is 5.75 Å².